The van der Waals surface area contributed by atoms with Crippen molar-refractivity contribution in [2.45, 2.75) is 0 Å². The Bertz CT molecular complexity index is 31.5. The molecule has 8 heavy (non-hydrogen) atoms. The third kappa shape index (κ3) is 109. The summed E-state index contributed by atoms with van der Waals surface area (Å²) in [4.78, 5) is 29.3. The molecule has 0 bridgehead atoms. The fourth-order valence-electron chi connectivity index (χ4n) is 0. The summed E-state index contributed by atoms with van der Waals surface area (Å²) in [5, 5.41) is 0. The second kappa shape index (κ2) is 8.84. The Labute approximate surface area is 84.3 Å². The molecule has 0 aliphatic rings. The topological polar surface area (TPSA) is 80.9 Å². The van der Waals surface area contributed by atoms with Gasteiger partial charge in [0, 0.05) is 56.6 Å². The van der Waals surface area contributed by atoms with E-state index in [1.54, 1.807) is 0 Å². The maximum Gasteiger partial charge on any atom is 0.668 e. The van der Waals surface area contributed by atoms with Crippen molar-refractivity contribution in [3.63, 3.8) is 0 Å². The van der Waals surface area contributed by atoms with E-state index in [4.69, 9.17) is 19.2 Å². The van der Waals surface area contributed by atoms with Crippen LogP contribution >= 0.6 is 0 Å². The van der Waals surface area contributed by atoms with Gasteiger partial charge in [-0.05, 0) is 0 Å². The van der Waals surface area contributed by atoms with Crippen molar-refractivity contribution >= 4 is 32.1 Å². The van der Waals surface area contributed by atoms with Gasteiger partial charge in [-0.15, -0.1) is 0 Å². The zero-order chi connectivity index (χ0) is 4.50. The Morgan fingerprint density at radius 1 is 0.875 bits per heavy atom. The molecule has 2 radical (unpaired) electrons. The van der Waals surface area contributed by atoms with Crippen LogP contribution in [0.25, 0.3) is 0 Å². The van der Waals surface area contributed by atoms with Gasteiger partial charge in [-0.2, -0.15) is 0 Å². The summed E-state index contributed by atoms with van der Waals surface area (Å²) in [6.07, 6.45) is 0. The molecule has 0 aromatic carbocycles. The first kappa shape index (κ1) is 22.5. The third-order valence-corrected chi connectivity index (χ3v) is 0. The second-order valence-electron chi connectivity index (χ2n) is 0.600. The van der Waals surface area contributed by atoms with Gasteiger partial charge in [0.15, 0.2) is 0 Å². The molecule has 0 amide bonds. The van der Waals surface area contributed by atoms with E-state index >= 15 is 0 Å². The van der Waals surface area contributed by atoms with E-state index in [0.29, 0.717) is 0 Å². The second-order valence-corrected chi connectivity index (χ2v) is 1.80. The predicted octanol–water partition coefficient (Wildman–Crippen LogP) is -2.99. The fourth-order valence-corrected chi connectivity index (χ4v) is 0. The Kier molecular flexibility index (Phi) is 24.9. The van der Waals surface area contributed by atoms with Gasteiger partial charge in [-0.1, -0.05) is 0 Å². The fraction of sp³-hybridized carbons (Fsp3) is 0. The van der Waals surface area contributed by atoms with Gasteiger partial charge in [0.1, 0.15) is 0 Å². The predicted molar refractivity (Wildman–Crippen MR) is 20.4 cm³/mol. The molecule has 0 saturated carbocycles. The van der Waals surface area contributed by atoms with Crippen molar-refractivity contribution in [3.8, 4) is 0 Å². The molecule has 4 nitrogen and oxygen atoms in total. The first-order valence-electron chi connectivity index (χ1n) is 0.894. The molecular weight excluding hydrogens is 231 g/mol. The summed E-state index contributed by atoms with van der Waals surface area (Å²) < 4.78 is 0. The Balaban J connectivity index is -0.0000000267. The van der Waals surface area contributed by atoms with Gasteiger partial charge in [-0.25, -0.2) is 0 Å². The van der Waals surface area contributed by atoms with E-state index < -0.39 is 9.05 Å². The summed E-state index contributed by atoms with van der Waals surface area (Å²) in [5.41, 5.74) is 0. The van der Waals surface area contributed by atoms with Gasteiger partial charge in [0.05, 0.1) is 0 Å². The van der Waals surface area contributed by atoms with Crippen molar-refractivity contribution in [3.05, 3.63) is 0 Å². The quantitative estimate of drug-likeness (QED) is 0.337. The molecule has 8 heteroatoms. The summed E-state index contributed by atoms with van der Waals surface area (Å²) in [6, 6.07) is 0. The van der Waals surface area contributed by atoms with E-state index in [9.17, 15) is 0 Å². The molecule has 0 unspecified atom stereocenters. The van der Waals surface area contributed by atoms with E-state index in [-0.39, 0.29) is 56.6 Å². The van der Waals surface area contributed by atoms with Crippen molar-refractivity contribution in [1.82, 2.24) is 0 Å². The van der Waals surface area contributed by atoms with Crippen LogP contribution in [-0.2, 0) is 33.6 Å². The molecule has 0 heterocycles. The normalized spacial score (nSPS) is 7.50. The SMILES string of the molecule is O[Si](O)(O)O.[Fe].[Mg].[Ni]. The van der Waals surface area contributed by atoms with Crippen LogP contribution in [0, 0.1) is 0 Å². The van der Waals surface area contributed by atoms with Crippen LogP contribution in [0.2, 0.25) is 0 Å². The van der Waals surface area contributed by atoms with E-state index in [0.717, 1.165) is 0 Å². The molecular formula is H4FeMgNiO4Si. The average Bonchev–Trinajstić information content (AvgIpc) is 0.722. The van der Waals surface area contributed by atoms with Crippen molar-refractivity contribution in [1.29, 1.82) is 0 Å². The van der Waals surface area contributed by atoms with Gasteiger partial charge in [0.2, 0.25) is 0 Å². The molecule has 0 spiro atoms. The molecule has 0 aromatic heterocycles. The summed E-state index contributed by atoms with van der Waals surface area (Å²) in [5.74, 6) is 0. The number of hydrogen-bond acceptors (Lipinski definition) is 4. The summed E-state index contributed by atoms with van der Waals surface area (Å²) in [6.45, 7) is 0. The van der Waals surface area contributed by atoms with Gasteiger partial charge in [0.25, 0.3) is 0 Å². The Morgan fingerprint density at radius 3 is 0.875 bits per heavy atom. The van der Waals surface area contributed by atoms with Crippen molar-refractivity contribution in [2.75, 3.05) is 0 Å². The first-order valence-corrected chi connectivity index (χ1v) is 2.68. The maximum atomic E-state index is 7.33. The minimum atomic E-state index is -4.61. The molecule has 0 rings (SSSR count). The van der Waals surface area contributed by atoms with E-state index in [1.165, 1.54) is 0 Å². The smallest absolute Gasteiger partial charge is 0.368 e. The van der Waals surface area contributed by atoms with Crippen LogP contribution in [-0.4, -0.2) is 51.3 Å². The first-order chi connectivity index (χ1) is 2.00. The zero-order valence-electron chi connectivity index (χ0n) is 3.67. The van der Waals surface area contributed by atoms with Crippen LogP contribution in [0.1, 0.15) is 0 Å². The molecule has 52 valence electrons. The van der Waals surface area contributed by atoms with E-state index in [1.807, 2.05) is 0 Å². The van der Waals surface area contributed by atoms with Crippen LogP contribution in [0.5, 0.6) is 0 Å². The Hall–Kier alpha value is 1.84. The average molecular weight is 235 g/mol. The van der Waals surface area contributed by atoms with E-state index in [2.05, 4.69) is 0 Å². The molecule has 0 aliphatic heterocycles. The molecule has 0 fully saturated rings. The minimum absolute atomic E-state index is 0. The third-order valence-electron chi connectivity index (χ3n) is 0. The summed E-state index contributed by atoms with van der Waals surface area (Å²) >= 11 is 0. The Morgan fingerprint density at radius 2 is 0.875 bits per heavy atom. The van der Waals surface area contributed by atoms with Gasteiger partial charge < -0.3 is 19.2 Å². The van der Waals surface area contributed by atoms with Crippen molar-refractivity contribution < 1.29 is 52.7 Å². The van der Waals surface area contributed by atoms with Gasteiger partial charge in [-0.3, -0.25) is 0 Å². The van der Waals surface area contributed by atoms with Crippen LogP contribution in [0.3, 0.4) is 0 Å². The molecule has 4 N–H and O–H groups in total. The maximum absolute atomic E-state index is 7.33. The zero-order valence-corrected chi connectivity index (χ0v) is 8.17. The van der Waals surface area contributed by atoms with Crippen LogP contribution < -0.4 is 0 Å². The number of rotatable bonds is 0. The minimum Gasteiger partial charge on any atom is -0.368 e. The molecule has 0 saturated heterocycles. The monoisotopic (exact) mass is 234 g/mol. The molecule has 0 aliphatic carbocycles. The standard InChI is InChI=1S/Fe.Mg.Ni.H4O4Si/c;;;1-5(2,3)4/h;;;1-4H. The van der Waals surface area contributed by atoms with Gasteiger partial charge >= 0.3 is 9.05 Å². The largest absolute Gasteiger partial charge is 0.668 e. The van der Waals surface area contributed by atoms with Crippen molar-refractivity contribution in [2.24, 2.45) is 0 Å². The molecule has 0 aromatic rings. The molecule has 0 atom stereocenters. The number of hydrogen-bond donors (Lipinski definition) is 4. The van der Waals surface area contributed by atoms with Crippen LogP contribution in [0.15, 0.2) is 0 Å². The summed E-state index contributed by atoms with van der Waals surface area (Å²) in [7, 11) is -4.61. The van der Waals surface area contributed by atoms with Crippen LogP contribution in [0.4, 0.5) is 0 Å².